The maximum Gasteiger partial charge on any atom is 0.122 e. The van der Waals surface area contributed by atoms with Crippen LogP contribution in [0.4, 0.5) is 0 Å². The molecule has 0 saturated heterocycles. The van der Waals surface area contributed by atoms with Crippen LogP contribution in [0.1, 0.15) is 26.1 Å². The molecule has 1 rings (SSSR count). The highest BCUT2D eigenvalue weighted by molar-refractivity contribution is 4.90. The Labute approximate surface area is 91.5 Å². The quantitative estimate of drug-likeness (QED) is 0.790. The average Bonchev–Trinajstić information content (AvgIpc) is 2.47. The Morgan fingerprint density at radius 2 is 2.20 bits per heavy atom. The minimum absolute atomic E-state index is 0.587. The van der Waals surface area contributed by atoms with Crippen molar-refractivity contribution in [2.24, 2.45) is 7.05 Å². The molecule has 0 aliphatic heterocycles. The monoisotopic (exact) mass is 211 g/mol. The van der Waals surface area contributed by atoms with Gasteiger partial charge in [-0.25, -0.2) is 4.98 Å². The van der Waals surface area contributed by atoms with Gasteiger partial charge in [-0.1, -0.05) is 0 Å². The van der Waals surface area contributed by atoms with Gasteiger partial charge in [-0.05, 0) is 27.3 Å². The summed E-state index contributed by atoms with van der Waals surface area (Å²) in [6, 6.07) is 0. The third-order valence-electron chi connectivity index (χ3n) is 2.44. The molecule has 0 unspecified atom stereocenters. The van der Waals surface area contributed by atoms with Gasteiger partial charge in [0.2, 0.25) is 0 Å². The fourth-order valence-corrected chi connectivity index (χ4v) is 1.33. The first-order chi connectivity index (χ1) is 6.88. The van der Waals surface area contributed by atoms with Crippen molar-refractivity contribution in [3.05, 3.63) is 18.2 Å². The highest BCUT2D eigenvalue weighted by Crippen LogP contribution is 2.08. The van der Waals surface area contributed by atoms with Crippen LogP contribution >= 0.6 is 0 Å². The summed E-state index contributed by atoms with van der Waals surface area (Å²) in [7, 11) is 4.03. The second kappa shape index (κ2) is 4.77. The van der Waals surface area contributed by atoms with Crippen molar-refractivity contribution in [3.63, 3.8) is 0 Å². The molecule has 1 N–H and O–H groups in total. The molecule has 86 valence electrons. The van der Waals surface area contributed by atoms with Gasteiger partial charge >= 0.3 is 0 Å². The molecule has 4 nitrogen and oxygen atoms in total. The zero-order chi connectivity index (χ0) is 11.5. The Balaban J connectivity index is 2.37. The third kappa shape index (κ3) is 4.44. The highest BCUT2D eigenvalue weighted by Gasteiger charge is 2.13. The van der Waals surface area contributed by atoms with Crippen molar-refractivity contribution in [3.8, 4) is 0 Å². The van der Waals surface area contributed by atoms with E-state index >= 15 is 0 Å². The van der Waals surface area contributed by atoms with E-state index in [-0.39, 0.29) is 0 Å². The Morgan fingerprint density at radius 1 is 1.53 bits per heavy atom. The van der Waals surface area contributed by atoms with Crippen molar-refractivity contribution in [1.82, 2.24) is 14.5 Å². The van der Waals surface area contributed by atoms with Crippen LogP contribution in [0.15, 0.2) is 12.4 Å². The van der Waals surface area contributed by atoms with Gasteiger partial charge in [-0.2, -0.15) is 0 Å². The van der Waals surface area contributed by atoms with Crippen molar-refractivity contribution >= 4 is 0 Å². The van der Waals surface area contributed by atoms with Gasteiger partial charge in [0.1, 0.15) is 5.82 Å². The van der Waals surface area contributed by atoms with Crippen molar-refractivity contribution in [2.45, 2.75) is 32.4 Å². The van der Waals surface area contributed by atoms with E-state index in [0.29, 0.717) is 0 Å². The van der Waals surface area contributed by atoms with Gasteiger partial charge in [0.05, 0.1) is 12.1 Å². The van der Waals surface area contributed by atoms with Crippen LogP contribution < -0.4 is 0 Å². The van der Waals surface area contributed by atoms with Gasteiger partial charge in [-0.15, -0.1) is 0 Å². The van der Waals surface area contributed by atoms with Crippen molar-refractivity contribution in [2.75, 3.05) is 13.6 Å². The van der Waals surface area contributed by atoms with Gasteiger partial charge < -0.3 is 9.67 Å². The molecule has 0 atom stereocenters. The van der Waals surface area contributed by atoms with Crippen molar-refractivity contribution in [1.29, 1.82) is 0 Å². The van der Waals surface area contributed by atoms with Crippen LogP contribution in [0.5, 0.6) is 0 Å². The number of nitrogens with zero attached hydrogens (tertiary/aromatic N) is 3. The van der Waals surface area contributed by atoms with E-state index < -0.39 is 5.60 Å². The SMILES string of the molecule is CN(CCC(C)(C)O)Cc1nccn1C. The van der Waals surface area contributed by atoms with E-state index in [4.69, 9.17) is 0 Å². The summed E-state index contributed by atoms with van der Waals surface area (Å²) >= 11 is 0. The number of aliphatic hydroxyl groups is 1. The predicted molar refractivity (Wildman–Crippen MR) is 60.5 cm³/mol. The van der Waals surface area contributed by atoms with Gasteiger partial charge in [-0.3, -0.25) is 4.90 Å². The molecular weight excluding hydrogens is 190 g/mol. The number of aromatic nitrogens is 2. The number of hydrogen-bond acceptors (Lipinski definition) is 3. The zero-order valence-electron chi connectivity index (χ0n) is 10.1. The number of rotatable bonds is 5. The Hall–Kier alpha value is -0.870. The molecule has 0 amide bonds. The second-order valence-electron chi connectivity index (χ2n) is 4.75. The van der Waals surface area contributed by atoms with Crippen LogP contribution in [0.3, 0.4) is 0 Å². The van der Waals surface area contributed by atoms with Crippen LogP contribution in [0.25, 0.3) is 0 Å². The van der Waals surface area contributed by atoms with Crippen LogP contribution in [0.2, 0.25) is 0 Å². The summed E-state index contributed by atoms with van der Waals surface area (Å²) in [6.45, 7) is 5.36. The third-order valence-corrected chi connectivity index (χ3v) is 2.44. The number of hydrogen-bond donors (Lipinski definition) is 1. The summed E-state index contributed by atoms with van der Waals surface area (Å²) in [6.07, 6.45) is 4.52. The largest absolute Gasteiger partial charge is 0.390 e. The predicted octanol–water partition coefficient (Wildman–Crippen LogP) is 1.01. The van der Waals surface area contributed by atoms with Gasteiger partial charge in [0.25, 0.3) is 0 Å². The van der Waals surface area contributed by atoms with Gasteiger partial charge in [0.15, 0.2) is 0 Å². The Bertz CT molecular complexity index is 301. The lowest BCUT2D eigenvalue weighted by molar-refractivity contribution is 0.0596. The maximum absolute atomic E-state index is 9.60. The van der Waals surface area contributed by atoms with Crippen LogP contribution in [0, 0.1) is 0 Å². The van der Waals surface area contributed by atoms with E-state index in [1.807, 2.05) is 38.7 Å². The molecule has 0 aromatic carbocycles. The average molecular weight is 211 g/mol. The molecule has 0 radical (unpaired) electrons. The first-order valence-electron chi connectivity index (χ1n) is 5.25. The molecular formula is C11H21N3O. The minimum atomic E-state index is -0.587. The van der Waals surface area contributed by atoms with E-state index in [2.05, 4.69) is 9.88 Å². The van der Waals surface area contributed by atoms with Crippen LogP contribution in [-0.2, 0) is 13.6 Å². The number of aryl methyl sites for hydroxylation is 1. The molecule has 0 aliphatic carbocycles. The molecule has 1 aromatic rings. The Morgan fingerprint density at radius 3 is 2.67 bits per heavy atom. The Kier molecular flexibility index (Phi) is 3.88. The fourth-order valence-electron chi connectivity index (χ4n) is 1.33. The first kappa shape index (κ1) is 12.2. The van der Waals surface area contributed by atoms with Gasteiger partial charge in [0, 0.05) is 26.0 Å². The summed E-state index contributed by atoms with van der Waals surface area (Å²) < 4.78 is 2.01. The molecule has 1 aromatic heterocycles. The van der Waals surface area contributed by atoms with E-state index in [9.17, 15) is 5.11 Å². The molecule has 0 bridgehead atoms. The number of imidazole rings is 1. The summed E-state index contributed by atoms with van der Waals surface area (Å²) in [5.41, 5.74) is -0.587. The molecule has 0 saturated carbocycles. The lowest BCUT2D eigenvalue weighted by atomic mass is 10.1. The van der Waals surface area contributed by atoms with E-state index in [1.165, 1.54) is 0 Å². The maximum atomic E-state index is 9.60. The summed E-state index contributed by atoms with van der Waals surface area (Å²) in [5, 5.41) is 9.60. The van der Waals surface area contributed by atoms with E-state index in [0.717, 1.165) is 25.3 Å². The lowest BCUT2D eigenvalue weighted by Crippen LogP contribution is -2.28. The molecule has 15 heavy (non-hydrogen) atoms. The molecule has 0 fully saturated rings. The zero-order valence-corrected chi connectivity index (χ0v) is 10.1. The lowest BCUT2D eigenvalue weighted by Gasteiger charge is -2.22. The fraction of sp³-hybridized carbons (Fsp3) is 0.727. The summed E-state index contributed by atoms with van der Waals surface area (Å²) in [5.74, 6) is 1.05. The highest BCUT2D eigenvalue weighted by atomic mass is 16.3. The van der Waals surface area contributed by atoms with Crippen molar-refractivity contribution < 1.29 is 5.11 Å². The molecule has 0 aliphatic rings. The van der Waals surface area contributed by atoms with E-state index in [1.54, 1.807) is 6.20 Å². The molecule has 1 heterocycles. The first-order valence-corrected chi connectivity index (χ1v) is 5.25. The van der Waals surface area contributed by atoms with Crippen LogP contribution in [-0.4, -0.2) is 38.8 Å². The molecule has 4 heteroatoms. The normalized spacial score (nSPS) is 12.4. The summed E-state index contributed by atoms with van der Waals surface area (Å²) in [4.78, 5) is 6.43. The minimum Gasteiger partial charge on any atom is -0.390 e. The molecule has 0 spiro atoms. The smallest absolute Gasteiger partial charge is 0.122 e. The standard InChI is InChI=1S/C11H21N3O/c1-11(2,15)5-7-13(3)9-10-12-6-8-14(10)4/h6,8,15H,5,7,9H2,1-4H3. The second-order valence-corrected chi connectivity index (χ2v) is 4.75. The topological polar surface area (TPSA) is 41.3 Å².